The Morgan fingerprint density at radius 2 is 1.81 bits per heavy atom. The summed E-state index contributed by atoms with van der Waals surface area (Å²) in [5.41, 5.74) is 2.61. The van der Waals surface area contributed by atoms with Crippen LogP contribution in [0.3, 0.4) is 0 Å². The molecule has 0 aliphatic carbocycles. The average molecular weight is 352 g/mol. The van der Waals surface area contributed by atoms with Gasteiger partial charge in [0.05, 0.1) is 17.6 Å². The van der Waals surface area contributed by atoms with E-state index in [-0.39, 0.29) is 11.1 Å². The molecule has 2 aromatic carbocycles. The topological polar surface area (TPSA) is 93.9 Å². The van der Waals surface area contributed by atoms with Gasteiger partial charge in [0.25, 0.3) is 5.69 Å². The highest BCUT2D eigenvalue weighted by molar-refractivity contribution is 5.69. The molecule has 0 aliphatic heterocycles. The van der Waals surface area contributed by atoms with E-state index in [0.717, 1.165) is 5.56 Å². The number of methoxy groups -OCH3 is 1. The molecular formula is C19H20N4O3. The lowest BCUT2D eigenvalue weighted by atomic mass is 9.87. The zero-order chi connectivity index (χ0) is 18.9. The van der Waals surface area contributed by atoms with E-state index in [1.54, 1.807) is 6.07 Å². The Bertz CT molecular complexity index is 940. The molecular weight excluding hydrogens is 332 g/mol. The Kier molecular flexibility index (Phi) is 4.46. The maximum absolute atomic E-state index is 11.0. The van der Waals surface area contributed by atoms with Crippen molar-refractivity contribution in [3.05, 3.63) is 58.1 Å². The number of nitro benzene ring substituents is 1. The van der Waals surface area contributed by atoms with Gasteiger partial charge in [0, 0.05) is 17.7 Å². The molecule has 0 atom stereocenters. The summed E-state index contributed by atoms with van der Waals surface area (Å²) in [4.78, 5) is 15.1. The standard InChI is InChI=1S/C19H20N4O3/c1-19(2,3)13-7-5-12(6-8-13)17-20-18(22-21-17)15-11-14(23(24)25)9-10-16(15)26-4/h5-11H,1-4H3,(H,20,21,22). The number of rotatable bonds is 4. The van der Waals surface area contributed by atoms with Crippen LogP contribution in [-0.2, 0) is 5.41 Å². The normalized spacial score (nSPS) is 11.4. The number of nitrogens with one attached hydrogen (secondary N) is 1. The number of benzene rings is 2. The minimum atomic E-state index is -0.453. The molecule has 0 bridgehead atoms. The highest BCUT2D eigenvalue weighted by Crippen LogP contribution is 2.32. The molecule has 3 aromatic rings. The Morgan fingerprint density at radius 3 is 2.38 bits per heavy atom. The van der Waals surface area contributed by atoms with Crippen LogP contribution in [0.25, 0.3) is 22.8 Å². The molecule has 0 radical (unpaired) electrons. The van der Waals surface area contributed by atoms with Crippen LogP contribution in [0.2, 0.25) is 0 Å². The molecule has 26 heavy (non-hydrogen) atoms. The van der Waals surface area contributed by atoms with E-state index in [0.29, 0.717) is 23.0 Å². The first-order valence-corrected chi connectivity index (χ1v) is 8.15. The van der Waals surface area contributed by atoms with Crippen LogP contribution < -0.4 is 4.74 Å². The van der Waals surface area contributed by atoms with Gasteiger partial charge in [-0.1, -0.05) is 45.0 Å². The summed E-state index contributed by atoms with van der Waals surface area (Å²) < 4.78 is 5.29. The predicted molar refractivity (Wildman–Crippen MR) is 99.2 cm³/mol. The molecule has 1 aromatic heterocycles. The van der Waals surface area contributed by atoms with Gasteiger partial charge in [-0.2, -0.15) is 5.10 Å². The molecule has 7 nitrogen and oxygen atoms in total. The number of non-ortho nitro benzene ring substituents is 1. The average Bonchev–Trinajstić information content (AvgIpc) is 3.10. The molecule has 0 fully saturated rings. The number of hydrogen-bond donors (Lipinski definition) is 1. The maximum atomic E-state index is 11.0. The lowest BCUT2D eigenvalue weighted by molar-refractivity contribution is -0.384. The largest absolute Gasteiger partial charge is 0.496 e. The van der Waals surface area contributed by atoms with Gasteiger partial charge in [-0.25, -0.2) is 4.98 Å². The predicted octanol–water partition coefficient (Wildman–Crippen LogP) is 4.35. The Hall–Kier alpha value is -3.22. The first-order chi connectivity index (χ1) is 12.3. The second-order valence-corrected chi connectivity index (χ2v) is 6.98. The zero-order valence-corrected chi connectivity index (χ0v) is 15.1. The minimum Gasteiger partial charge on any atom is -0.496 e. The SMILES string of the molecule is COc1ccc([N+](=O)[O-])cc1-c1nc(-c2ccc(C(C)(C)C)cc2)n[nH]1. The first-order valence-electron chi connectivity index (χ1n) is 8.15. The van der Waals surface area contributed by atoms with E-state index in [4.69, 9.17) is 4.74 Å². The number of aromatic amines is 1. The van der Waals surface area contributed by atoms with Crippen LogP contribution in [0.4, 0.5) is 5.69 Å². The van der Waals surface area contributed by atoms with Crippen LogP contribution in [0.15, 0.2) is 42.5 Å². The van der Waals surface area contributed by atoms with E-state index in [1.807, 2.05) is 12.1 Å². The second-order valence-electron chi connectivity index (χ2n) is 6.98. The molecule has 0 saturated carbocycles. The van der Waals surface area contributed by atoms with Crippen molar-refractivity contribution < 1.29 is 9.66 Å². The minimum absolute atomic E-state index is 0.0340. The smallest absolute Gasteiger partial charge is 0.270 e. The lowest BCUT2D eigenvalue weighted by Gasteiger charge is -2.18. The number of nitro groups is 1. The van der Waals surface area contributed by atoms with Crippen LogP contribution >= 0.6 is 0 Å². The van der Waals surface area contributed by atoms with E-state index >= 15 is 0 Å². The summed E-state index contributed by atoms with van der Waals surface area (Å²) in [7, 11) is 1.51. The molecule has 7 heteroatoms. The molecule has 0 unspecified atom stereocenters. The molecule has 134 valence electrons. The van der Waals surface area contributed by atoms with E-state index in [2.05, 4.69) is 48.1 Å². The number of H-pyrrole nitrogens is 1. The summed E-state index contributed by atoms with van der Waals surface area (Å²) in [5.74, 6) is 1.43. The van der Waals surface area contributed by atoms with Crippen molar-refractivity contribution in [3.8, 4) is 28.5 Å². The van der Waals surface area contributed by atoms with E-state index in [9.17, 15) is 10.1 Å². The molecule has 0 amide bonds. The fourth-order valence-electron chi connectivity index (χ4n) is 2.63. The summed E-state index contributed by atoms with van der Waals surface area (Å²) in [6.07, 6.45) is 0. The fourth-order valence-corrected chi connectivity index (χ4v) is 2.63. The van der Waals surface area contributed by atoms with E-state index in [1.165, 1.54) is 24.8 Å². The third-order valence-corrected chi connectivity index (χ3v) is 4.14. The molecule has 0 spiro atoms. The highest BCUT2D eigenvalue weighted by atomic mass is 16.6. The van der Waals surface area contributed by atoms with Gasteiger partial charge in [-0.05, 0) is 17.0 Å². The summed E-state index contributed by atoms with van der Waals surface area (Å²) in [6, 6.07) is 12.4. The van der Waals surface area contributed by atoms with Crippen molar-refractivity contribution in [2.45, 2.75) is 26.2 Å². The van der Waals surface area contributed by atoms with Crippen LogP contribution in [0, 0.1) is 10.1 Å². The van der Waals surface area contributed by atoms with Gasteiger partial charge in [0.1, 0.15) is 5.75 Å². The summed E-state index contributed by atoms with van der Waals surface area (Å²) in [5, 5.41) is 18.1. The molecule has 0 saturated heterocycles. The van der Waals surface area contributed by atoms with Gasteiger partial charge < -0.3 is 4.74 Å². The van der Waals surface area contributed by atoms with Crippen molar-refractivity contribution in [1.82, 2.24) is 15.2 Å². The number of ether oxygens (including phenoxy) is 1. The second kappa shape index (κ2) is 6.59. The van der Waals surface area contributed by atoms with Crippen LogP contribution in [-0.4, -0.2) is 27.2 Å². The van der Waals surface area contributed by atoms with Gasteiger partial charge in [-0.3, -0.25) is 15.2 Å². The summed E-state index contributed by atoms with van der Waals surface area (Å²) in [6.45, 7) is 6.46. The molecule has 1 N–H and O–H groups in total. The molecule has 3 rings (SSSR count). The first kappa shape index (κ1) is 17.6. The number of nitrogens with zero attached hydrogens (tertiary/aromatic N) is 3. The van der Waals surface area contributed by atoms with Crippen molar-refractivity contribution in [2.75, 3.05) is 7.11 Å². The van der Waals surface area contributed by atoms with Gasteiger partial charge in [-0.15, -0.1) is 0 Å². The van der Waals surface area contributed by atoms with Crippen LogP contribution in [0.1, 0.15) is 26.3 Å². The summed E-state index contributed by atoms with van der Waals surface area (Å²) >= 11 is 0. The Balaban J connectivity index is 1.98. The van der Waals surface area contributed by atoms with Gasteiger partial charge in [0.2, 0.25) is 0 Å². The fraction of sp³-hybridized carbons (Fsp3) is 0.263. The quantitative estimate of drug-likeness (QED) is 0.556. The van der Waals surface area contributed by atoms with E-state index < -0.39 is 4.92 Å². The third-order valence-electron chi connectivity index (χ3n) is 4.14. The number of hydrogen-bond acceptors (Lipinski definition) is 5. The van der Waals surface area contributed by atoms with Crippen LogP contribution in [0.5, 0.6) is 5.75 Å². The van der Waals surface area contributed by atoms with Crippen molar-refractivity contribution in [1.29, 1.82) is 0 Å². The Labute approximate surface area is 151 Å². The van der Waals surface area contributed by atoms with Gasteiger partial charge >= 0.3 is 0 Å². The highest BCUT2D eigenvalue weighted by Gasteiger charge is 2.17. The van der Waals surface area contributed by atoms with Crippen molar-refractivity contribution in [2.24, 2.45) is 0 Å². The van der Waals surface area contributed by atoms with Crippen molar-refractivity contribution >= 4 is 5.69 Å². The monoisotopic (exact) mass is 352 g/mol. The van der Waals surface area contributed by atoms with Gasteiger partial charge in [0.15, 0.2) is 11.6 Å². The maximum Gasteiger partial charge on any atom is 0.270 e. The lowest BCUT2D eigenvalue weighted by Crippen LogP contribution is -2.10. The third kappa shape index (κ3) is 3.42. The molecule has 0 aliphatic rings. The van der Waals surface area contributed by atoms with Crippen molar-refractivity contribution in [3.63, 3.8) is 0 Å². The zero-order valence-electron chi connectivity index (χ0n) is 15.1. The number of aromatic nitrogens is 3. The Morgan fingerprint density at radius 1 is 1.12 bits per heavy atom. The molecule has 1 heterocycles.